The van der Waals surface area contributed by atoms with E-state index in [9.17, 15) is 9.59 Å². The van der Waals surface area contributed by atoms with Crippen molar-refractivity contribution < 1.29 is 14.3 Å². The Morgan fingerprint density at radius 3 is 2.52 bits per heavy atom. The fourth-order valence-corrected chi connectivity index (χ4v) is 3.34. The van der Waals surface area contributed by atoms with Gasteiger partial charge < -0.3 is 20.4 Å². The number of benzene rings is 2. The Labute approximate surface area is 168 Å². The Bertz CT molecular complexity index is 1000. The fraction of sp³-hybridized carbons (Fsp3) is 0.227. The van der Waals surface area contributed by atoms with Crippen LogP contribution < -0.4 is 15.8 Å². The molecule has 1 aromatic heterocycles. The van der Waals surface area contributed by atoms with Crippen LogP contribution in [0.5, 0.6) is 5.75 Å². The summed E-state index contributed by atoms with van der Waals surface area (Å²) >= 11 is 0. The number of rotatable bonds is 6. The highest BCUT2D eigenvalue weighted by molar-refractivity contribution is 5.93. The van der Waals surface area contributed by atoms with Crippen LogP contribution in [-0.4, -0.2) is 28.0 Å². The van der Waals surface area contributed by atoms with Crippen LogP contribution in [0, 0.1) is 0 Å². The van der Waals surface area contributed by atoms with Gasteiger partial charge in [0.15, 0.2) is 6.61 Å². The van der Waals surface area contributed by atoms with Crippen LogP contribution in [0.2, 0.25) is 0 Å². The molecular formula is C22H22N4O3. The average Bonchev–Trinajstić information content (AvgIpc) is 3.17. The van der Waals surface area contributed by atoms with Gasteiger partial charge in [-0.15, -0.1) is 0 Å². The third kappa shape index (κ3) is 4.45. The molecule has 1 aliphatic heterocycles. The number of imidazole rings is 1. The largest absolute Gasteiger partial charge is 0.484 e. The normalized spacial score (nSPS) is 12.8. The van der Waals surface area contributed by atoms with E-state index in [2.05, 4.69) is 16.1 Å². The Kier molecular flexibility index (Phi) is 5.29. The molecule has 0 aliphatic carbocycles. The van der Waals surface area contributed by atoms with Gasteiger partial charge in [0.05, 0.1) is 5.69 Å². The first-order valence-corrected chi connectivity index (χ1v) is 9.57. The fourth-order valence-electron chi connectivity index (χ4n) is 3.34. The zero-order valence-electron chi connectivity index (χ0n) is 15.9. The van der Waals surface area contributed by atoms with Crippen LogP contribution in [0.3, 0.4) is 0 Å². The third-order valence-corrected chi connectivity index (χ3v) is 4.88. The molecule has 0 fully saturated rings. The third-order valence-electron chi connectivity index (χ3n) is 4.88. The maximum absolute atomic E-state index is 12.1. The van der Waals surface area contributed by atoms with Gasteiger partial charge in [-0.25, -0.2) is 4.98 Å². The number of hydrogen-bond acceptors (Lipinski definition) is 4. The molecule has 7 nitrogen and oxygen atoms in total. The molecule has 0 unspecified atom stereocenters. The first kappa shape index (κ1) is 18.7. The molecule has 7 heteroatoms. The summed E-state index contributed by atoms with van der Waals surface area (Å²) in [6.07, 6.45) is 5.52. The summed E-state index contributed by atoms with van der Waals surface area (Å²) in [4.78, 5) is 27.9. The van der Waals surface area contributed by atoms with Crippen molar-refractivity contribution >= 4 is 17.5 Å². The van der Waals surface area contributed by atoms with Gasteiger partial charge in [0.25, 0.3) is 5.91 Å². The number of ether oxygens (including phenoxy) is 1. The number of carbonyl (C=O) groups is 2. The zero-order valence-corrected chi connectivity index (χ0v) is 15.9. The van der Waals surface area contributed by atoms with Crippen LogP contribution in [0.15, 0.2) is 54.7 Å². The quantitative estimate of drug-likeness (QED) is 0.676. The molecule has 3 aromatic rings. The number of aryl methyl sites for hydroxylation is 2. The highest BCUT2D eigenvalue weighted by Gasteiger charge is 2.13. The second-order valence-electron chi connectivity index (χ2n) is 7.00. The Morgan fingerprint density at radius 2 is 1.83 bits per heavy atom. The summed E-state index contributed by atoms with van der Waals surface area (Å²) in [5.74, 6) is 0.858. The number of fused-ring (bicyclic) bond motifs is 1. The molecule has 0 saturated heterocycles. The van der Waals surface area contributed by atoms with Gasteiger partial charge in [0.1, 0.15) is 11.6 Å². The van der Waals surface area contributed by atoms with E-state index in [4.69, 9.17) is 15.5 Å². The molecule has 148 valence electrons. The Morgan fingerprint density at radius 1 is 1.07 bits per heavy atom. The van der Waals surface area contributed by atoms with Crippen LogP contribution in [0.1, 0.15) is 29.0 Å². The number of primary amides is 1. The maximum atomic E-state index is 12.1. The van der Waals surface area contributed by atoms with E-state index >= 15 is 0 Å². The predicted molar refractivity (Wildman–Crippen MR) is 110 cm³/mol. The summed E-state index contributed by atoms with van der Waals surface area (Å²) in [5.41, 5.74) is 8.26. The second-order valence-corrected chi connectivity index (χ2v) is 7.00. The standard InChI is InChI=1S/C22H22N4O3/c23-22(28)16-6-10-18(11-7-16)29-14-21(27)24-17-8-4-15(5-9-17)19-13-26-12-2-1-3-20(26)25-19/h4-11,13H,1-3,12,14H2,(H2,23,28)(H,24,27). The lowest BCUT2D eigenvalue weighted by Gasteiger charge is -2.11. The molecule has 2 aromatic carbocycles. The molecule has 2 heterocycles. The summed E-state index contributed by atoms with van der Waals surface area (Å²) in [5, 5.41) is 2.81. The van der Waals surface area contributed by atoms with E-state index in [0.717, 1.165) is 30.0 Å². The van der Waals surface area contributed by atoms with Crippen molar-refractivity contribution in [3.05, 3.63) is 66.1 Å². The minimum atomic E-state index is -0.506. The molecule has 0 spiro atoms. The molecule has 0 atom stereocenters. The topological polar surface area (TPSA) is 99.2 Å². The summed E-state index contributed by atoms with van der Waals surface area (Å²) < 4.78 is 7.66. The van der Waals surface area contributed by atoms with Crippen LogP contribution in [-0.2, 0) is 17.8 Å². The zero-order chi connectivity index (χ0) is 20.2. The van der Waals surface area contributed by atoms with Crippen molar-refractivity contribution in [3.8, 4) is 17.0 Å². The molecule has 2 amide bonds. The van der Waals surface area contributed by atoms with Crippen molar-refractivity contribution in [2.24, 2.45) is 5.73 Å². The molecule has 0 bridgehead atoms. The van der Waals surface area contributed by atoms with E-state index in [1.807, 2.05) is 24.3 Å². The number of nitrogens with zero attached hydrogens (tertiary/aromatic N) is 2. The van der Waals surface area contributed by atoms with Gasteiger partial charge >= 0.3 is 0 Å². The number of aromatic nitrogens is 2. The highest BCUT2D eigenvalue weighted by Crippen LogP contribution is 2.24. The Hall–Kier alpha value is -3.61. The smallest absolute Gasteiger partial charge is 0.262 e. The van der Waals surface area contributed by atoms with Gasteiger partial charge in [-0.1, -0.05) is 12.1 Å². The lowest BCUT2D eigenvalue weighted by Crippen LogP contribution is -2.20. The maximum Gasteiger partial charge on any atom is 0.262 e. The SMILES string of the molecule is NC(=O)c1ccc(OCC(=O)Nc2ccc(-c3cn4c(n3)CCCC4)cc2)cc1. The van der Waals surface area contributed by atoms with Crippen molar-refractivity contribution in [3.63, 3.8) is 0 Å². The molecule has 3 N–H and O–H groups in total. The number of nitrogens with one attached hydrogen (secondary N) is 1. The van der Waals surface area contributed by atoms with Gasteiger partial charge in [-0.3, -0.25) is 9.59 Å². The lowest BCUT2D eigenvalue weighted by molar-refractivity contribution is -0.118. The Balaban J connectivity index is 1.33. The predicted octanol–water partition coefficient (Wildman–Crippen LogP) is 3.00. The number of amides is 2. The van der Waals surface area contributed by atoms with E-state index in [0.29, 0.717) is 17.0 Å². The van der Waals surface area contributed by atoms with E-state index in [1.54, 1.807) is 24.3 Å². The van der Waals surface area contributed by atoms with E-state index < -0.39 is 5.91 Å². The minimum Gasteiger partial charge on any atom is -0.484 e. The molecule has 1 aliphatic rings. The van der Waals surface area contributed by atoms with E-state index in [1.165, 1.54) is 12.8 Å². The van der Waals surface area contributed by atoms with Crippen molar-refractivity contribution in [2.45, 2.75) is 25.8 Å². The van der Waals surface area contributed by atoms with Gasteiger partial charge in [0.2, 0.25) is 5.91 Å². The van der Waals surface area contributed by atoms with E-state index in [-0.39, 0.29) is 12.5 Å². The highest BCUT2D eigenvalue weighted by atomic mass is 16.5. The molecule has 0 radical (unpaired) electrons. The molecular weight excluding hydrogens is 368 g/mol. The van der Waals surface area contributed by atoms with Crippen molar-refractivity contribution in [1.29, 1.82) is 0 Å². The van der Waals surface area contributed by atoms with Crippen molar-refractivity contribution in [1.82, 2.24) is 9.55 Å². The van der Waals surface area contributed by atoms with Crippen molar-refractivity contribution in [2.75, 3.05) is 11.9 Å². The second kappa shape index (κ2) is 8.18. The molecule has 0 saturated carbocycles. The van der Waals surface area contributed by atoms with Gasteiger partial charge in [-0.05, 0) is 49.2 Å². The first-order chi connectivity index (χ1) is 14.1. The van der Waals surface area contributed by atoms with Gasteiger partial charge in [-0.2, -0.15) is 0 Å². The molecule has 29 heavy (non-hydrogen) atoms. The molecule has 4 rings (SSSR count). The number of nitrogens with two attached hydrogens (primary N) is 1. The summed E-state index contributed by atoms with van der Waals surface area (Å²) in [6.45, 7) is 0.896. The average molecular weight is 390 g/mol. The van der Waals surface area contributed by atoms with Crippen LogP contribution >= 0.6 is 0 Å². The summed E-state index contributed by atoms with van der Waals surface area (Å²) in [6, 6.07) is 13.9. The minimum absolute atomic E-state index is 0.133. The van der Waals surface area contributed by atoms with Crippen LogP contribution in [0.25, 0.3) is 11.3 Å². The lowest BCUT2D eigenvalue weighted by atomic mass is 10.1. The number of hydrogen-bond donors (Lipinski definition) is 2. The first-order valence-electron chi connectivity index (χ1n) is 9.57. The van der Waals surface area contributed by atoms with Crippen LogP contribution in [0.4, 0.5) is 5.69 Å². The number of anilines is 1. The monoisotopic (exact) mass is 390 g/mol. The van der Waals surface area contributed by atoms with Gasteiger partial charge in [0, 0.05) is 36.0 Å². The number of carbonyl (C=O) groups excluding carboxylic acids is 2. The summed E-state index contributed by atoms with van der Waals surface area (Å²) in [7, 11) is 0.